The molecular formula is C13H18O. The third-order valence-electron chi connectivity index (χ3n) is 3.83. The van der Waals surface area contributed by atoms with Gasteiger partial charge in [0.1, 0.15) is 5.78 Å². The second-order valence-corrected chi connectivity index (χ2v) is 5.81. The predicted molar refractivity (Wildman–Crippen MR) is 56.6 cm³/mol. The van der Waals surface area contributed by atoms with Crippen LogP contribution in [-0.2, 0) is 4.79 Å². The first-order chi connectivity index (χ1) is 6.49. The van der Waals surface area contributed by atoms with Crippen molar-refractivity contribution in [1.29, 1.82) is 0 Å². The highest BCUT2D eigenvalue weighted by molar-refractivity contribution is 5.86. The fraction of sp³-hybridized carbons (Fsp3) is 0.769. The van der Waals surface area contributed by atoms with E-state index in [1.807, 2.05) is 0 Å². The van der Waals surface area contributed by atoms with E-state index in [1.54, 1.807) is 0 Å². The molecule has 0 N–H and O–H groups in total. The molecule has 2 rings (SSSR count). The highest BCUT2D eigenvalue weighted by Gasteiger charge is 2.61. The topological polar surface area (TPSA) is 17.1 Å². The highest BCUT2D eigenvalue weighted by atomic mass is 16.1. The molecule has 1 nitrogen and oxygen atoms in total. The second-order valence-electron chi connectivity index (χ2n) is 5.81. The summed E-state index contributed by atoms with van der Waals surface area (Å²) in [6, 6.07) is 0. The molecule has 2 saturated carbocycles. The summed E-state index contributed by atoms with van der Waals surface area (Å²) in [5, 5.41) is 0. The van der Waals surface area contributed by atoms with Gasteiger partial charge in [0.25, 0.3) is 0 Å². The van der Waals surface area contributed by atoms with Crippen LogP contribution in [0.15, 0.2) is 0 Å². The maximum absolute atomic E-state index is 11.8. The third kappa shape index (κ3) is 1.47. The van der Waals surface area contributed by atoms with Crippen molar-refractivity contribution in [2.45, 2.75) is 46.0 Å². The van der Waals surface area contributed by atoms with Crippen LogP contribution < -0.4 is 0 Å². The molecular weight excluding hydrogens is 172 g/mol. The van der Waals surface area contributed by atoms with E-state index < -0.39 is 0 Å². The zero-order chi connectivity index (χ0) is 10.4. The zero-order valence-corrected chi connectivity index (χ0v) is 9.10. The predicted octanol–water partition coefficient (Wildman–Crippen LogP) is 2.80. The molecule has 2 aliphatic rings. The first kappa shape index (κ1) is 9.77. The van der Waals surface area contributed by atoms with E-state index in [-0.39, 0.29) is 5.41 Å². The molecule has 14 heavy (non-hydrogen) atoms. The smallest absolute Gasteiger partial charge is 0.137 e. The minimum atomic E-state index is 0.207. The second kappa shape index (κ2) is 2.86. The van der Waals surface area contributed by atoms with E-state index in [2.05, 4.69) is 19.8 Å². The van der Waals surface area contributed by atoms with Crippen molar-refractivity contribution in [2.24, 2.45) is 16.7 Å². The average molecular weight is 190 g/mol. The van der Waals surface area contributed by atoms with Crippen molar-refractivity contribution >= 4 is 5.78 Å². The zero-order valence-electron chi connectivity index (χ0n) is 9.10. The quantitative estimate of drug-likeness (QED) is 0.612. The van der Waals surface area contributed by atoms with Crippen LogP contribution >= 0.6 is 0 Å². The van der Waals surface area contributed by atoms with Gasteiger partial charge in [0, 0.05) is 18.8 Å². The molecule has 0 aliphatic heterocycles. The Labute approximate surface area is 86.3 Å². The number of ketones is 1. The Balaban J connectivity index is 2.09. The van der Waals surface area contributed by atoms with Gasteiger partial charge in [-0.2, -0.15) is 0 Å². The number of fused-ring (bicyclic) bond motifs is 1. The maximum atomic E-state index is 11.8. The van der Waals surface area contributed by atoms with Gasteiger partial charge in [-0.15, -0.1) is 12.3 Å². The Morgan fingerprint density at radius 3 is 2.93 bits per heavy atom. The molecule has 0 saturated heterocycles. The molecule has 2 fully saturated rings. The molecule has 0 bridgehead atoms. The van der Waals surface area contributed by atoms with Gasteiger partial charge in [-0.25, -0.2) is 0 Å². The fourth-order valence-corrected chi connectivity index (χ4v) is 3.29. The van der Waals surface area contributed by atoms with E-state index in [0.717, 1.165) is 25.7 Å². The minimum Gasteiger partial charge on any atom is -0.299 e. The summed E-state index contributed by atoms with van der Waals surface area (Å²) in [4.78, 5) is 11.8. The molecule has 0 aromatic carbocycles. The van der Waals surface area contributed by atoms with Crippen LogP contribution in [0.4, 0.5) is 0 Å². The van der Waals surface area contributed by atoms with Crippen LogP contribution in [0.5, 0.6) is 0 Å². The Bertz CT molecular complexity index is 308. The molecule has 0 aromatic heterocycles. The van der Waals surface area contributed by atoms with Crippen molar-refractivity contribution in [2.75, 3.05) is 0 Å². The summed E-state index contributed by atoms with van der Waals surface area (Å²) < 4.78 is 0. The Kier molecular flexibility index (Phi) is 2.00. The van der Waals surface area contributed by atoms with Gasteiger partial charge in [-0.1, -0.05) is 13.8 Å². The first-order valence-corrected chi connectivity index (χ1v) is 5.45. The highest BCUT2D eigenvalue weighted by Crippen LogP contribution is 2.66. The van der Waals surface area contributed by atoms with Crippen molar-refractivity contribution in [3.05, 3.63) is 0 Å². The third-order valence-corrected chi connectivity index (χ3v) is 3.83. The maximum Gasteiger partial charge on any atom is 0.137 e. The molecule has 0 heterocycles. The lowest BCUT2D eigenvalue weighted by Gasteiger charge is -2.34. The molecule has 0 spiro atoms. The van der Waals surface area contributed by atoms with Crippen molar-refractivity contribution in [1.82, 2.24) is 0 Å². The van der Waals surface area contributed by atoms with Gasteiger partial charge in [0.2, 0.25) is 0 Å². The SMILES string of the molecule is C#CCC[C@@]12C[C@@H]1C(=O)CC(C)(C)C2. The van der Waals surface area contributed by atoms with E-state index in [9.17, 15) is 4.79 Å². The van der Waals surface area contributed by atoms with Crippen LogP contribution in [0.2, 0.25) is 0 Å². The van der Waals surface area contributed by atoms with Crippen molar-refractivity contribution < 1.29 is 4.79 Å². The van der Waals surface area contributed by atoms with Gasteiger partial charge in [-0.3, -0.25) is 4.79 Å². The van der Waals surface area contributed by atoms with Crippen LogP contribution in [0.1, 0.15) is 46.0 Å². The summed E-state index contributed by atoms with van der Waals surface area (Å²) in [6.45, 7) is 4.41. The summed E-state index contributed by atoms with van der Waals surface area (Å²) in [7, 11) is 0. The Morgan fingerprint density at radius 1 is 1.57 bits per heavy atom. The molecule has 0 radical (unpaired) electrons. The number of carbonyl (C=O) groups excluding carboxylic acids is 1. The Morgan fingerprint density at radius 2 is 2.29 bits per heavy atom. The summed E-state index contributed by atoms with van der Waals surface area (Å²) >= 11 is 0. The number of rotatable bonds is 2. The van der Waals surface area contributed by atoms with Gasteiger partial charge in [-0.05, 0) is 30.1 Å². The van der Waals surface area contributed by atoms with E-state index in [0.29, 0.717) is 17.1 Å². The van der Waals surface area contributed by atoms with Gasteiger partial charge >= 0.3 is 0 Å². The van der Waals surface area contributed by atoms with Gasteiger partial charge in [0.15, 0.2) is 0 Å². The lowest BCUT2D eigenvalue weighted by atomic mass is 9.70. The lowest BCUT2D eigenvalue weighted by molar-refractivity contribution is -0.125. The van der Waals surface area contributed by atoms with Crippen molar-refractivity contribution in [3.8, 4) is 12.3 Å². The van der Waals surface area contributed by atoms with Gasteiger partial charge < -0.3 is 0 Å². The van der Waals surface area contributed by atoms with Crippen LogP contribution in [0.25, 0.3) is 0 Å². The summed E-state index contributed by atoms with van der Waals surface area (Å²) in [5.74, 6) is 3.55. The standard InChI is InChI=1S/C13H18O/c1-4-5-6-13-7-10(13)11(14)8-12(2,3)9-13/h1,10H,5-9H2,2-3H3/t10-,13+/m1/s1. The molecule has 76 valence electrons. The van der Waals surface area contributed by atoms with E-state index in [4.69, 9.17) is 6.42 Å². The van der Waals surface area contributed by atoms with E-state index in [1.165, 1.54) is 6.42 Å². The molecule has 1 heteroatoms. The normalized spacial score (nSPS) is 38.6. The number of carbonyl (C=O) groups is 1. The number of terminal acetylenes is 1. The molecule has 2 aliphatic carbocycles. The summed E-state index contributed by atoms with van der Waals surface area (Å²) in [6.07, 6.45) is 10.3. The first-order valence-electron chi connectivity index (χ1n) is 5.45. The van der Waals surface area contributed by atoms with E-state index >= 15 is 0 Å². The van der Waals surface area contributed by atoms with Crippen LogP contribution in [-0.4, -0.2) is 5.78 Å². The molecule has 2 atom stereocenters. The Hall–Kier alpha value is -0.770. The number of hydrogen-bond acceptors (Lipinski definition) is 1. The summed E-state index contributed by atoms with van der Waals surface area (Å²) in [5.41, 5.74) is 0.518. The van der Waals surface area contributed by atoms with Crippen LogP contribution in [0, 0.1) is 29.1 Å². The molecule has 0 unspecified atom stereocenters. The van der Waals surface area contributed by atoms with Crippen LogP contribution in [0.3, 0.4) is 0 Å². The fourth-order valence-electron chi connectivity index (χ4n) is 3.29. The number of hydrogen-bond donors (Lipinski definition) is 0. The average Bonchev–Trinajstić information content (AvgIpc) is 2.74. The monoisotopic (exact) mass is 190 g/mol. The largest absolute Gasteiger partial charge is 0.299 e. The lowest BCUT2D eigenvalue weighted by Crippen LogP contribution is -2.30. The van der Waals surface area contributed by atoms with Crippen molar-refractivity contribution in [3.63, 3.8) is 0 Å². The number of Topliss-reactive ketones (excluding diaryl/α,β-unsaturated/α-hetero) is 1. The molecule has 0 amide bonds. The van der Waals surface area contributed by atoms with Gasteiger partial charge in [0.05, 0.1) is 0 Å². The minimum absolute atomic E-state index is 0.207. The molecule has 0 aromatic rings.